The Kier molecular flexibility index (Phi) is 9.88. The number of rotatable bonds is 11. The van der Waals surface area contributed by atoms with Crippen molar-refractivity contribution < 1.29 is 28.4 Å². The summed E-state index contributed by atoms with van der Waals surface area (Å²) in [6.07, 6.45) is -0.255. The van der Waals surface area contributed by atoms with Crippen molar-refractivity contribution >= 4 is 0 Å². The average Bonchev–Trinajstić information content (AvgIpc) is 3.14. The standard InChI is InChI=1S/C34H43NO6/c1-33(36-3)34(2,37-4)41-32-30(40-33)20-29(25-38-23-27-16-10-6-11-17-27)35(21-26-14-8-5-9-15-26)22-31(32)39-24-28-18-12-7-13-19-28/h5-19,29-32H,20-25H2,1-4H3/t29-,30+,31+,32-,33-,34-/m0/s1. The lowest BCUT2D eigenvalue weighted by Crippen LogP contribution is -2.67. The van der Waals surface area contributed by atoms with Crippen molar-refractivity contribution in [1.82, 2.24) is 4.90 Å². The molecule has 3 aromatic carbocycles. The van der Waals surface area contributed by atoms with E-state index in [0.717, 1.165) is 17.7 Å². The number of hydrogen-bond acceptors (Lipinski definition) is 7. The second kappa shape index (κ2) is 13.6. The van der Waals surface area contributed by atoms with Gasteiger partial charge in [0.15, 0.2) is 0 Å². The minimum Gasteiger partial charge on any atom is -0.375 e. The first kappa shape index (κ1) is 29.9. The lowest BCUT2D eigenvalue weighted by molar-refractivity contribution is -0.454. The van der Waals surface area contributed by atoms with Crippen LogP contribution in [0.4, 0.5) is 0 Å². The van der Waals surface area contributed by atoms with Crippen LogP contribution in [0.1, 0.15) is 37.0 Å². The third kappa shape index (κ3) is 7.07. The van der Waals surface area contributed by atoms with Gasteiger partial charge in [0.2, 0.25) is 11.6 Å². The second-order valence-electron chi connectivity index (χ2n) is 11.2. The van der Waals surface area contributed by atoms with Crippen LogP contribution in [0.2, 0.25) is 0 Å². The molecule has 220 valence electrons. The molecule has 2 fully saturated rings. The van der Waals surface area contributed by atoms with Crippen molar-refractivity contribution in [2.75, 3.05) is 27.4 Å². The minimum atomic E-state index is -1.12. The summed E-state index contributed by atoms with van der Waals surface area (Å²) in [5.74, 6) is -2.22. The molecule has 2 heterocycles. The van der Waals surface area contributed by atoms with Gasteiger partial charge in [-0.05, 0) is 37.0 Å². The van der Waals surface area contributed by atoms with Gasteiger partial charge in [0, 0.05) is 33.4 Å². The van der Waals surface area contributed by atoms with Crippen molar-refractivity contribution in [2.45, 2.75) is 76.0 Å². The van der Waals surface area contributed by atoms with Crippen LogP contribution < -0.4 is 0 Å². The summed E-state index contributed by atoms with van der Waals surface area (Å²) in [6, 6.07) is 31.1. The molecule has 0 amide bonds. The first-order valence-electron chi connectivity index (χ1n) is 14.4. The maximum Gasteiger partial charge on any atom is 0.220 e. The minimum absolute atomic E-state index is 0.0633. The van der Waals surface area contributed by atoms with Gasteiger partial charge in [0.05, 0.1) is 32.0 Å². The predicted octanol–water partition coefficient (Wildman–Crippen LogP) is 5.57. The fourth-order valence-corrected chi connectivity index (χ4v) is 5.77. The van der Waals surface area contributed by atoms with Gasteiger partial charge in [-0.25, -0.2) is 0 Å². The Labute approximate surface area is 244 Å². The van der Waals surface area contributed by atoms with E-state index in [2.05, 4.69) is 53.4 Å². The molecule has 7 heteroatoms. The van der Waals surface area contributed by atoms with Gasteiger partial charge >= 0.3 is 0 Å². The molecule has 5 rings (SSSR count). The highest BCUT2D eigenvalue weighted by Crippen LogP contribution is 2.43. The van der Waals surface area contributed by atoms with E-state index >= 15 is 0 Å². The first-order valence-corrected chi connectivity index (χ1v) is 14.4. The van der Waals surface area contributed by atoms with Gasteiger partial charge in [0.1, 0.15) is 6.10 Å². The largest absolute Gasteiger partial charge is 0.375 e. The van der Waals surface area contributed by atoms with Crippen LogP contribution in [0.5, 0.6) is 0 Å². The Morgan fingerprint density at radius 1 is 0.732 bits per heavy atom. The van der Waals surface area contributed by atoms with Crippen LogP contribution in [0.3, 0.4) is 0 Å². The summed E-state index contributed by atoms with van der Waals surface area (Å²) in [5, 5.41) is 0. The molecular formula is C34H43NO6. The Balaban J connectivity index is 1.44. The molecule has 41 heavy (non-hydrogen) atoms. The summed E-state index contributed by atoms with van der Waals surface area (Å²) in [5.41, 5.74) is 3.49. The molecular weight excluding hydrogens is 518 g/mol. The molecule has 6 atom stereocenters. The van der Waals surface area contributed by atoms with E-state index in [1.54, 1.807) is 14.2 Å². The molecule has 0 bridgehead atoms. The third-order valence-corrected chi connectivity index (χ3v) is 8.47. The highest BCUT2D eigenvalue weighted by atomic mass is 16.8. The number of likely N-dealkylation sites (tertiary alicyclic amines) is 1. The second-order valence-corrected chi connectivity index (χ2v) is 11.2. The summed E-state index contributed by atoms with van der Waals surface area (Å²) in [6.45, 7) is 6.72. The van der Waals surface area contributed by atoms with E-state index in [4.69, 9.17) is 28.4 Å². The van der Waals surface area contributed by atoms with E-state index in [1.165, 1.54) is 5.56 Å². The van der Waals surface area contributed by atoms with Crippen LogP contribution in [0.15, 0.2) is 91.0 Å². The lowest BCUT2D eigenvalue weighted by atomic mass is 9.97. The van der Waals surface area contributed by atoms with E-state index in [0.29, 0.717) is 32.8 Å². The van der Waals surface area contributed by atoms with Crippen molar-refractivity contribution in [2.24, 2.45) is 0 Å². The molecule has 2 aliphatic heterocycles. The van der Waals surface area contributed by atoms with E-state index in [9.17, 15) is 0 Å². The topological polar surface area (TPSA) is 58.6 Å². The predicted molar refractivity (Wildman–Crippen MR) is 157 cm³/mol. The smallest absolute Gasteiger partial charge is 0.220 e. The zero-order valence-corrected chi connectivity index (χ0v) is 24.6. The molecule has 7 nitrogen and oxygen atoms in total. The number of nitrogens with zero attached hydrogens (tertiary/aromatic N) is 1. The number of ether oxygens (including phenoxy) is 6. The molecule has 2 saturated heterocycles. The Morgan fingerprint density at radius 2 is 1.27 bits per heavy atom. The van der Waals surface area contributed by atoms with Gasteiger partial charge in [-0.3, -0.25) is 4.90 Å². The molecule has 3 aromatic rings. The van der Waals surface area contributed by atoms with E-state index < -0.39 is 11.6 Å². The highest BCUT2D eigenvalue weighted by molar-refractivity contribution is 5.16. The molecule has 0 unspecified atom stereocenters. The first-order chi connectivity index (χ1) is 19.9. The summed E-state index contributed by atoms with van der Waals surface area (Å²) in [4.78, 5) is 2.45. The highest BCUT2D eigenvalue weighted by Gasteiger charge is 2.59. The number of benzene rings is 3. The summed E-state index contributed by atoms with van der Waals surface area (Å²) < 4.78 is 38.3. The quantitative estimate of drug-likeness (QED) is 0.303. The van der Waals surface area contributed by atoms with Crippen LogP contribution in [-0.4, -0.2) is 68.2 Å². The molecule has 0 aliphatic carbocycles. The number of fused-ring (bicyclic) bond motifs is 1. The Bertz CT molecular complexity index is 1200. The zero-order chi connectivity index (χ0) is 28.7. The van der Waals surface area contributed by atoms with E-state index in [1.807, 2.05) is 56.3 Å². The summed E-state index contributed by atoms with van der Waals surface area (Å²) in [7, 11) is 3.25. The van der Waals surface area contributed by atoms with E-state index in [-0.39, 0.29) is 24.4 Å². The molecule has 0 radical (unpaired) electrons. The Hall–Kier alpha value is -2.62. The third-order valence-electron chi connectivity index (χ3n) is 8.47. The fourth-order valence-electron chi connectivity index (χ4n) is 5.77. The van der Waals surface area contributed by atoms with Crippen LogP contribution in [-0.2, 0) is 48.2 Å². The van der Waals surface area contributed by atoms with Gasteiger partial charge in [-0.1, -0.05) is 91.0 Å². The van der Waals surface area contributed by atoms with Crippen LogP contribution in [0.25, 0.3) is 0 Å². The Morgan fingerprint density at radius 3 is 1.85 bits per heavy atom. The maximum atomic E-state index is 6.77. The number of hydrogen-bond donors (Lipinski definition) is 0. The molecule has 0 saturated carbocycles. The molecule has 0 aromatic heterocycles. The monoisotopic (exact) mass is 561 g/mol. The fraction of sp³-hybridized carbons (Fsp3) is 0.471. The lowest BCUT2D eigenvalue weighted by Gasteiger charge is -2.53. The molecule has 0 spiro atoms. The van der Waals surface area contributed by atoms with Crippen molar-refractivity contribution in [1.29, 1.82) is 0 Å². The van der Waals surface area contributed by atoms with Gasteiger partial charge in [0.25, 0.3) is 0 Å². The van der Waals surface area contributed by atoms with Crippen LogP contribution >= 0.6 is 0 Å². The average molecular weight is 562 g/mol. The van der Waals surface area contributed by atoms with Crippen LogP contribution in [0, 0.1) is 0 Å². The summed E-state index contributed by atoms with van der Waals surface area (Å²) >= 11 is 0. The van der Waals surface area contributed by atoms with Crippen molar-refractivity contribution in [3.05, 3.63) is 108 Å². The SMILES string of the molecule is CO[C@@]1(C)O[C@@H]2[C@H](OCc3ccccc3)CN(Cc3ccccc3)[C@H](COCc3ccccc3)C[C@H]2O[C@]1(C)OC. The zero-order valence-electron chi connectivity index (χ0n) is 24.6. The molecule has 0 N–H and O–H groups in total. The van der Waals surface area contributed by atoms with Crippen molar-refractivity contribution in [3.8, 4) is 0 Å². The maximum absolute atomic E-state index is 6.77. The van der Waals surface area contributed by atoms with Crippen molar-refractivity contribution in [3.63, 3.8) is 0 Å². The molecule has 2 aliphatic rings. The number of methoxy groups -OCH3 is 2. The van der Waals surface area contributed by atoms with Gasteiger partial charge in [-0.2, -0.15) is 0 Å². The van der Waals surface area contributed by atoms with Gasteiger partial charge < -0.3 is 28.4 Å². The van der Waals surface area contributed by atoms with Gasteiger partial charge in [-0.15, -0.1) is 0 Å². The normalized spacial score (nSPS) is 30.4.